The van der Waals surface area contributed by atoms with Crippen molar-refractivity contribution in [1.29, 1.82) is 0 Å². The van der Waals surface area contributed by atoms with Gasteiger partial charge in [0.15, 0.2) is 0 Å². The summed E-state index contributed by atoms with van der Waals surface area (Å²) < 4.78 is 4.71. The summed E-state index contributed by atoms with van der Waals surface area (Å²) in [6.45, 7) is 8.64. The second-order valence-electron chi connectivity index (χ2n) is 4.92. The van der Waals surface area contributed by atoms with Crippen molar-refractivity contribution in [2.45, 2.75) is 34.1 Å². The molecule has 0 aliphatic rings. The van der Waals surface area contributed by atoms with E-state index in [9.17, 15) is 4.79 Å². The second kappa shape index (κ2) is 4.35. The quantitative estimate of drug-likeness (QED) is 0.722. The Morgan fingerprint density at radius 3 is 2.53 bits per heavy atom. The van der Waals surface area contributed by atoms with E-state index in [-0.39, 0.29) is 11.4 Å². The minimum Gasteiger partial charge on any atom is -0.465 e. The fourth-order valence-corrected chi connectivity index (χ4v) is 2.43. The zero-order valence-corrected chi connectivity index (χ0v) is 10.8. The molecule has 0 amide bonds. The van der Waals surface area contributed by atoms with Crippen LogP contribution in [-0.4, -0.2) is 13.1 Å². The molecule has 15 heavy (non-hydrogen) atoms. The van der Waals surface area contributed by atoms with E-state index in [1.807, 2.05) is 6.07 Å². The molecule has 0 aliphatic carbocycles. The summed E-state index contributed by atoms with van der Waals surface area (Å²) in [6.07, 6.45) is 0.992. The standard InChI is InChI=1S/C12H18O2S/c1-8-9(7-12(2,3)4)6-10(15-8)11(13)14-5/h6H,7H2,1-5H3. The van der Waals surface area contributed by atoms with Crippen molar-refractivity contribution in [2.24, 2.45) is 5.41 Å². The van der Waals surface area contributed by atoms with Crippen LogP contribution in [0.25, 0.3) is 0 Å². The van der Waals surface area contributed by atoms with Gasteiger partial charge in [0.25, 0.3) is 0 Å². The number of hydrogen-bond donors (Lipinski definition) is 0. The van der Waals surface area contributed by atoms with E-state index in [4.69, 9.17) is 4.74 Å². The minimum absolute atomic E-state index is 0.233. The lowest BCUT2D eigenvalue weighted by molar-refractivity contribution is 0.0606. The van der Waals surface area contributed by atoms with Gasteiger partial charge in [-0.1, -0.05) is 20.8 Å². The summed E-state index contributed by atoms with van der Waals surface area (Å²) >= 11 is 1.51. The summed E-state index contributed by atoms with van der Waals surface area (Å²) in [5.74, 6) is -0.233. The van der Waals surface area contributed by atoms with Gasteiger partial charge in [0, 0.05) is 4.88 Å². The Morgan fingerprint density at radius 1 is 1.47 bits per heavy atom. The average Bonchev–Trinajstić information content (AvgIpc) is 2.44. The molecular formula is C12H18O2S. The number of carbonyl (C=O) groups is 1. The molecule has 0 bridgehead atoms. The molecule has 0 saturated carbocycles. The topological polar surface area (TPSA) is 26.3 Å². The molecule has 1 rings (SSSR count). The van der Waals surface area contributed by atoms with Gasteiger partial charge in [0.05, 0.1) is 7.11 Å². The Hall–Kier alpha value is -0.830. The highest BCUT2D eigenvalue weighted by Crippen LogP contribution is 2.28. The van der Waals surface area contributed by atoms with Crippen LogP contribution in [0.2, 0.25) is 0 Å². The van der Waals surface area contributed by atoms with Crippen LogP contribution in [-0.2, 0) is 11.2 Å². The molecule has 0 unspecified atom stereocenters. The van der Waals surface area contributed by atoms with Crippen LogP contribution in [0.4, 0.5) is 0 Å². The number of esters is 1. The summed E-state index contributed by atoms with van der Waals surface area (Å²) in [6, 6.07) is 1.96. The summed E-state index contributed by atoms with van der Waals surface area (Å²) in [5, 5.41) is 0. The SMILES string of the molecule is COC(=O)c1cc(CC(C)(C)C)c(C)s1. The van der Waals surface area contributed by atoms with E-state index in [0.29, 0.717) is 4.88 Å². The third-order valence-electron chi connectivity index (χ3n) is 2.13. The number of rotatable bonds is 2. The van der Waals surface area contributed by atoms with Crippen molar-refractivity contribution in [3.8, 4) is 0 Å². The molecule has 0 saturated heterocycles. The number of carbonyl (C=O) groups excluding carboxylic acids is 1. The van der Waals surface area contributed by atoms with Gasteiger partial charge in [-0.05, 0) is 30.4 Å². The largest absolute Gasteiger partial charge is 0.465 e. The Morgan fingerprint density at radius 2 is 2.07 bits per heavy atom. The fourth-order valence-electron chi connectivity index (χ4n) is 1.47. The van der Waals surface area contributed by atoms with Gasteiger partial charge >= 0.3 is 5.97 Å². The van der Waals surface area contributed by atoms with E-state index in [1.165, 1.54) is 28.9 Å². The van der Waals surface area contributed by atoms with Crippen LogP contribution in [0.15, 0.2) is 6.07 Å². The molecule has 1 aromatic heterocycles. The van der Waals surface area contributed by atoms with Crippen molar-refractivity contribution < 1.29 is 9.53 Å². The van der Waals surface area contributed by atoms with Crippen molar-refractivity contribution in [2.75, 3.05) is 7.11 Å². The van der Waals surface area contributed by atoms with Crippen LogP contribution in [0.1, 0.15) is 40.9 Å². The Balaban J connectivity index is 2.92. The van der Waals surface area contributed by atoms with Gasteiger partial charge in [-0.25, -0.2) is 4.79 Å². The molecule has 0 N–H and O–H groups in total. The molecule has 1 heterocycles. The lowest BCUT2D eigenvalue weighted by Crippen LogP contribution is -2.09. The first-order valence-corrected chi connectivity index (χ1v) is 5.83. The maximum atomic E-state index is 11.3. The fraction of sp³-hybridized carbons (Fsp3) is 0.583. The van der Waals surface area contributed by atoms with E-state index in [2.05, 4.69) is 27.7 Å². The van der Waals surface area contributed by atoms with E-state index in [1.54, 1.807) is 0 Å². The Kier molecular flexibility index (Phi) is 3.55. The van der Waals surface area contributed by atoms with Crippen molar-refractivity contribution in [3.63, 3.8) is 0 Å². The molecule has 0 spiro atoms. The van der Waals surface area contributed by atoms with Gasteiger partial charge in [-0.2, -0.15) is 0 Å². The highest BCUT2D eigenvalue weighted by atomic mass is 32.1. The molecule has 84 valence electrons. The number of hydrogen-bond acceptors (Lipinski definition) is 3. The molecule has 0 fully saturated rings. The monoisotopic (exact) mass is 226 g/mol. The first-order chi connectivity index (χ1) is 6.83. The van der Waals surface area contributed by atoms with E-state index >= 15 is 0 Å². The highest BCUT2D eigenvalue weighted by molar-refractivity contribution is 7.14. The van der Waals surface area contributed by atoms with Gasteiger partial charge in [-0.3, -0.25) is 0 Å². The molecule has 0 aliphatic heterocycles. The first-order valence-electron chi connectivity index (χ1n) is 5.01. The molecule has 1 aromatic rings. The number of ether oxygens (including phenoxy) is 1. The predicted molar refractivity (Wildman–Crippen MR) is 63.6 cm³/mol. The molecule has 0 atom stereocenters. The number of methoxy groups -OCH3 is 1. The van der Waals surface area contributed by atoms with Crippen LogP contribution >= 0.6 is 11.3 Å². The number of thiophene rings is 1. The van der Waals surface area contributed by atoms with Crippen LogP contribution in [0.3, 0.4) is 0 Å². The summed E-state index contributed by atoms with van der Waals surface area (Å²) in [7, 11) is 1.42. The zero-order valence-electron chi connectivity index (χ0n) is 10.0. The first kappa shape index (κ1) is 12.2. The van der Waals surface area contributed by atoms with E-state index in [0.717, 1.165) is 6.42 Å². The highest BCUT2D eigenvalue weighted by Gasteiger charge is 2.17. The molecular weight excluding hydrogens is 208 g/mol. The predicted octanol–water partition coefficient (Wildman–Crippen LogP) is 3.43. The Labute approximate surface area is 95.3 Å². The van der Waals surface area contributed by atoms with E-state index < -0.39 is 0 Å². The third kappa shape index (κ3) is 3.34. The summed E-state index contributed by atoms with van der Waals surface area (Å²) in [5.41, 5.74) is 1.51. The van der Waals surface area contributed by atoms with Crippen LogP contribution in [0, 0.1) is 12.3 Å². The van der Waals surface area contributed by atoms with Gasteiger partial charge in [-0.15, -0.1) is 11.3 Å². The van der Waals surface area contributed by atoms with Gasteiger partial charge in [0.2, 0.25) is 0 Å². The average molecular weight is 226 g/mol. The maximum absolute atomic E-state index is 11.3. The van der Waals surface area contributed by atoms with Gasteiger partial charge < -0.3 is 4.74 Å². The van der Waals surface area contributed by atoms with Crippen molar-refractivity contribution >= 4 is 17.3 Å². The van der Waals surface area contributed by atoms with Crippen LogP contribution < -0.4 is 0 Å². The Bertz CT molecular complexity index is 358. The lowest BCUT2D eigenvalue weighted by atomic mass is 9.88. The third-order valence-corrected chi connectivity index (χ3v) is 3.20. The van der Waals surface area contributed by atoms with Gasteiger partial charge in [0.1, 0.15) is 4.88 Å². The minimum atomic E-state index is -0.233. The van der Waals surface area contributed by atoms with Crippen LogP contribution in [0.5, 0.6) is 0 Å². The molecule has 2 nitrogen and oxygen atoms in total. The normalized spacial score (nSPS) is 11.5. The second-order valence-corrected chi connectivity index (χ2v) is 6.18. The maximum Gasteiger partial charge on any atom is 0.348 e. The smallest absolute Gasteiger partial charge is 0.348 e. The summed E-state index contributed by atoms with van der Waals surface area (Å²) in [4.78, 5) is 13.2. The lowest BCUT2D eigenvalue weighted by Gasteiger charge is -2.17. The van der Waals surface area contributed by atoms with Crippen molar-refractivity contribution in [1.82, 2.24) is 0 Å². The zero-order chi connectivity index (χ0) is 11.6. The number of aryl methyl sites for hydroxylation is 1. The molecule has 0 aromatic carbocycles. The molecule has 0 radical (unpaired) electrons. The van der Waals surface area contributed by atoms with Crippen molar-refractivity contribution in [3.05, 3.63) is 21.4 Å². The molecule has 3 heteroatoms.